The number of pyridine rings is 1. The van der Waals surface area contributed by atoms with Gasteiger partial charge in [0.2, 0.25) is 0 Å². The molecule has 0 amide bonds. The Morgan fingerprint density at radius 1 is 1.32 bits per heavy atom. The van der Waals surface area contributed by atoms with E-state index in [1.165, 1.54) is 12.3 Å². The van der Waals surface area contributed by atoms with Gasteiger partial charge in [-0.3, -0.25) is 14.7 Å². The number of aromatic amines is 1. The first-order valence-electron chi connectivity index (χ1n) is 8.22. The first kappa shape index (κ1) is 17.6. The molecule has 0 fully saturated rings. The summed E-state index contributed by atoms with van der Waals surface area (Å²) in [5, 5.41) is 0. The summed E-state index contributed by atoms with van der Waals surface area (Å²) in [6.45, 7) is 3.66. The Hall–Kier alpha value is -2.22. The summed E-state index contributed by atoms with van der Waals surface area (Å²) in [7, 11) is 0. The number of aryl methyl sites for hydroxylation is 1. The monoisotopic (exact) mass is 352 g/mol. The van der Waals surface area contributed by atoms with E-state index in [1.54, 1.807) is 0 Å². The zero-order valence-electron chi connectivity index (χ0n) is 13.9. The van der Waals surface area contributed by atoms with E-state index in [9.17, 15) is 18.0 Å². The van der Waals surface area contributed by atoms with Crippen molar-refractivity contribution in [2.45, 2.75) is 45.5 Å². The normalized spacial score (nSPS) is 15.2. The molecule has 0 radical (unpaired) electrons. The number of nitrogens with one attached hydrogen (secondary N) is 1. The topological polar surface area (TPSA) is 61.9 Å². The highest BCUT2D eigenvalue weighted by atomic mass is 19.4. The molecule has 2 aromatic heterocycles. The Bertz CT molecular complexity index is 799. The molecular weight excluding hydrogens is 333 g/mol. The maximum absolute atomic E-state index is 12.6. The van der Waals surface area contributed by atoms with Crippen molar-refractivity contribution in [3.05, 3.63) is 57.0 Å². The van der Waals surface area contributed by atoms with Crippen molar-refractivity contribution in [3.63, 3.8) is 0 Å². The van der Waals surface area contributed by atoms with Crippen LogP contribution in [0.5, 0.6) is 0 Å². The molecule has 0 saturated carbocycles. The fraction of sp³-hybridized carbons (Fsp3) is 0.471. The van der Waals surface area contributed by atoms with E-state index < -0.39 is 11.9 Å². The second kappa shape index (κ2) is 6.95. The van der Waals surface area contributed by atoms with Gasteiger partial charge < -0.3 is 4.98 Å². The molecule has 0 bridgehead atoms. The van der Waals surface area contributed by atoms with Crippen molar-refractivity contribution < 1.29 is 13.2 Å². The first-order valence-corrected chi connectivity index (χ1v) is 8.22. The third kappa shape index (κ3) is 4.07. The van der Waals surface area contributed by atoms with E-state index in [0.717, 1.165) is 18.2 Å². The minimum absolute atomic E-state index is 0.0794. The average molecular weight is 352 g/mol. The van der Waals surface area contributed by atoms with Crippen molar-refractivity contribution in [2.24, 2.45) is 0 Å². The predicted octanol–water partition coefficient (Wildman–Crippen LogP) is 2.69. The van der Waals surface area contributed by atoms with E-state index in [4.69, 9.17) is 0 Å². The number of hydrogen-bond donors (Lipinski definition) is 1. The number of fused-ring (bicyclic) bond motifs is 1. The standard InChI is InChI=1S/C17H19F3N4O/c1-2-3-15-22-13-10-24(7-6-12(13)16(25)23-15)9-11-4-5-14(21-8-11)17(18,19)20/h4-5,8H,2-3,6-7,9-10H2,1H3,(H,22,23,25). The molecule has 0 aliphatic carbocycles. The van der Waals surface area contributed by atoms with E-state index >= 15 is 0 Å². The van der Waals surface area contributed by atoms with Crippen LogP contribution in [0.25, 0.3) is 0 Å². The number of rotatable bonds is 4. The van der Waals surface area contributed by atoms with Gasteiger partial charge in [0.15, 0.2) is 0 Å². The van der Waals surface area contributed by atoms with Gasteiger partial charge in [0.25, 0.3) is 5.56 Å². The van der Waals surface area contributed by atoms with Gasteiger partial charge in [-0.05, 0) is 24.5 Å². The van der Waals surface area contributed by atoms with Crippen LogP contribution in [0.15, 0.2) is 23.1 Å². The highest BCUT2D eigenvalue weighted by Gasteiger charge is 2.32. The SMILES string of the molecule is CCCc1nc2c(c(=O)[nH]1)CCN(Cc1ccc(C(F)(F)F)nc1)C2. The van der Waals surface area contributed by atoms with E-state index in [1.807, 2.05) is 6.92 Å². The molecule has 0 unspecified atom stereocenters. The van der Waals surface area contributed by atoms with Gasteiger partial charge in [-0.1, -0.05) is 13.0 Å². The van der Waals surface area contributed by atoms with Crippen molar-refractivity contribution >= 4 is 0 Å². The molecule has 3 rings (SSSR count). The molecule has 0 aromatic carbocycles. The lowest BCUT2D eigenvalue weighted by Gasteiger charge is -2.27. The number of nitrogens with zero attached hydrogens (tertiary/aromatic N) is 3. The molecule has 0 saturated heterocycles. The number of halogens is 3. The minimum atomic E-state index is -4.43. The number of alkyl halides is 3. The highest BCUT2D eigenvalue weighted by molar-refractivity contribution is 5.22. The molecule has 8 heteroatoms. The molecule has 0 spiro atoms. The van der Waals surface area contributed by atoms with Gasteiger partial charge >= 0.3 is 6.18 Å². The summed E-state index contributed by atoms with van der Waals surface area (Å²) in [5.41, 5.74) is 1.21. The van der Waals surface area contributed by atoms with Crippen LogP contribution in [0.4, 0.5) is 13.2 Å². The summed E-state index contributed by atoms with van der Waals surface area (Å²) in [4.78, 5) is 25.0. The van der Waals surface area contributed by atoms with E-state index in [-0.39, 0.29) is 5.56 Å². The van der Waals surface area contributed by atoms with Gasteiger partial charge in [0.05, 0.1) is 5.69 Å². The fourth-order valence-corrected chi connectivity index (χ4v) is 2.98. The number of H-pyrrole nitrogens is 1. The van der Waals surface area contributed by atoms with Crippen molar-refractivity contribution in [2.75, 3.05) is 6.54 Å². The molecule has 3 heterocycles. The molecule has 134 valence electrons. The fourth-order valence-electron chi connectivity index (χ4n) is 2.98. The average Bonchev–Trinajstić information content (AvgIpc) is 2.54. The molecule has 1 aliphatic rings. The molecule has 0 atom stereocenters. The summed E-state index contributed by atoms with van der Waals surface area (Å²) in [6.07, 6.45) is -0.985. The third-order valence-electron chi connectivity index (χ3n) is 4.21. The summed E-state index contributed by atoms with van der Waals surface area (Å²) < 4.78 is 37.7. The Morgan fingerprint density at radius 2 is 2.12 bits per heavy atom. The smallest absolute Gasteiger partial charge is 0.310 e. The summed E-state index contributed by atoms with van der Waals surface area (Å²) in [5.74, 6) is 0.685. The van der Waals surface area contributed by atoms with E-state index in [0.29, 0.717) is 49.4 Å². The quantitative estimate of drug-likeness (QED) is 0.919. The molecule has 2 aromatic rings. The molecule has 25 heavy (non-hydrogen) atoms. The van der Waals surface area contributed by atoms with Gasteiger partial charge in [-0.2, -0.15) is 13.2 Å². The van der Waals surface area contributed by atoms with Crippen molar-refractivity contribution in [1.29, 1.82) is 0 Å². The molecule has 1 N–H and O–H groups in total. The zero-order valence-corrected chi connectivity index (χ0v) is 13.9. The maximum atomic E-state index is 12.6. The molecule has 5 nitrogen and oxygen atoms in total. The van der Waals surface area contributed by atoms with Crippen LogP contribution in [0.1, 0.15) is 41.7 Å². The van der Waals surface area contributed by atoms with Crippen LogP contribution in [0.3, 0.4) is 0 Å². The molecule has 1 aliphatic heterocycles. The van der Waals surface area contributed by atoms with Crippen LogP contribution >= 0.6 is 0 Å². The lowest BCUT2D eigenvalue weighted by molar-refractivity contribution is -0.141. The zero-order chi connectivity index (χ0) is 18.0. The largest absolute Gasteiger partial charge is 0.433 e. The Morgan fingerprint density at radius 3 is 2.76 bits per heavy atom. The maximum Gasteiger partial charge on any atom is 0.433 e. The Kier molecular flexibility index (Phi) is 4.89. The van der Waals surface area contributed by atoms with Gasteiger partial charge in [0.1, 0.15) is 11.5 Å². The third-order valence-corrected chi connectivity index (χ3v) is 4.21. The van der Waals surface area contributed by atoms with Crippen LogP contribution in [0.2, 0.25) is 0 Å². The summed E-state index contributed by atoms with van der Waals surface area (Å²) >= 11 is 0. The Balaban J connectivity index is 1.73. The minimum Gasteiger partial charge on any atom is -0.310 e. The van der Waals surface area contributed by atoms with Crippen LogP contribution < -0.4 is 5.56 Å². The second-order valence-electron chi connectivity index (χ2n) is 6.20. The highest BCUT2D eigenvalue weighted by Crippen LogP contribution is 2.27. The Labute approximate surface area is 142 Å². The van der Waals surface area contributed by atoms with Gasteiger partial charge in [0, 0.05) is 37.8 Å². The second-order valence-corrected chi connectivity index (χ2v) is 6.20. The van der Waals surface area contributed by atoms with Crippen molar-refractivity contribution in [1.82, 2.24) is 19.9 Å². The van der Waals surface area contributed by atoms with E-state index in [2.05, 4.69) is 19.9 Å². The van der Waals surface area contributed by atoms with Crippen LogP contribution in [0, 0.1) is 0 Å². The van der Waals surface area contributed by atoms with Crippen molar-refractivity contribution in [3.8, 4) is 0 Å². The van der Waals surface area contributed by atoms with Crippen LogP contribution in [-0.2, 0) is 32.1 Å². The molecular formula is C17H19F3N4O. The predicted molar refractivity (Wildman–Crippen MR) is 85.9 cm³/mol. The first-order chi connectivity index (χ1) is 11.9. The lowest BCUT2D eigenvalue weighted by atomic mass is 10.1. The van der Waals surface area contributed by atoms with Gasteiger partial charge in [-0.25, -0.2) is 4.98 Å². The van der Waals surface area contributed by atoms with Gasteiger partial charge in [-0.15, -0.1) is 0 Å². The van der Waals surface area contributed by atoms with Crippen LogP contribution in [-0.4, -0.2) is 26.4 Å². The number of hydrogen-bond acceptors (Lipinski definition) is 4. The summed E-state index contributed by atoms with van der Waals surface area (Å²) in [6, 6.07) is 2.44. The lowest BCUT2D eigenvalue weighted by Crippen LogP contribution is -2.35. The number of aromatic nitrogens is 3.